The summed E-state index contributed by atoms with van der Waals surface area (Å²) in [7, 11) is 6.73. The zero-order chi connectivity index (χ0) is 23.1. The average Bonchev–Trinajstić information content (AvgIpc) is 3.78. The van der Waals surface area contributed by atoms with Gasteiger partial charge >= 0.3 is 0 Å². The molecule has 0 spiro atoms. The van der Waals surface area contributed by atoms with Crippen molar-refractivity contribution in [3.63, 3.8) is 0 Å². The number of nitrogens with zero attached hydrogens (tertiary/aromatic N) is 2. The van der Waals surface area contributed by atoms with Gasteiger partial charge < -0.3 is 19.1 Å². The van der Waals surface area contributed by atoms with Crippen LogP contribution in [-0.2, 0) is 0 Å². The second-order valence-electron chi connectivity index (χ2n) is 9.07. The monoisotopic (exact) mass is 446 g/mol. The van der Waals surface area contributed by atoms with Crippen molar-refractivity contribution in [2.45, 2.75) is 31.7 Å². The van der Waals surface area contributed by atoms with E-state index in [-0.39, 0.29) is 5.91 Å². The Hall–Kier alpha value is -3.28. The van der Waals surface area contributed by atoms with Crippen molar-refractivity contribution in [1.29, 1.82) is 0 Å². The smallest absolute Gasteiger partial charge is 0.254 e. The number of carbonyl (C=O) groups is 1. The molecule has 0 N–H and O–H groups in total. The predicted molar refractivity (Wildman–Crippen MR) is 128 cm³/mol. The molecular weight excluding hydrogens is 416 g/mol. The van der Waals surface area contributed by atoms with E-state index >= 15 is 0 Å². The highest BCUT2D eigenvalue weighted by Gasteiger charge is 2.45. The Morgan fingerprint density at radius 1 is 0.939 bits per heavy atom. The van der Waals surface area contributed by atoms with Crippen molar-refractivity contribution in [2.24, 2.45) is 11.8 Å². The first kappa shape index (κ1) is 21.6. The summed E-state index contributed by atoms with van der Waals surface area (Å²) in [6.07, 6.45) is 4.91. The highest BCUT2D eigenvalue weighted by molar-refractivity contribution is 6.07. The zero-order valence-corrected chi connectivity index (χ0v) is 19.6. The summed E-state index contributed by atoms with van der Waals surface area (Å²) in [6, 6.07) is 13.8. The molecule has 2 aromatic carbocycles. The molecule has 1 aromatic heterocycles. The molecule has 2 aliphatic rings. The molecule has 0 aliphatic heterocycles. The molecular formula is C27H30N2O4. The van der Waals surface area contributed by atoms with Gasteiger partial charge in [-0.2, -0.15) is 0 Å². The maximum Gasteiger partial charge on any atom is 0.254 e. The summed E-state index contributed by atoms with van der Waals surface area (Å²) in [5.41, 5.74) is 2.96. The summed E-state index contributed by atoms with van der Waals surface area (Å²) in [5, 5.41) is 0.871. The second-order valence-corrected chi connectivity index (χ2v) is 9.07. The lowest BCUT2D eigenvalue weighted by atomic mass is 10.00. The van der Waals surface area contributed by atoms with E-state index in [2.05, 4.69) is 0 Å². The SMILES string of the molecule is COc1cc(-c2cc(C(=O)N(C)C(C3CC3)C3CC3)c3ccccc3n2)cc(OC)c1OC. The molecule has 6 heteroatoms. The molecule has 0 saturated heterocycles. The Morgan fingerprint density at radius 3 is 2.09 bits per heavy atom. The van der Waals surface area contributed by atoms with Crippen LogP contribution in [0.25, 0.3) is 22.2 Å². The van der Waals surface area contributed by atoms with Crippen molar-refractivity contribution < 1.29 is 19.0 Å². The van der Waals surface area contributed by atoms with E-state index < -0.39 is 0 Å². The van der Waals surface area contributed by atoms with Crippen LogP contribution in [-0.4, -0.2) is 50.2 Å². The van der Waals surface area contributed by atoms with Crippen LogP contribution in [0, 0.1) is 11.8 Å². The van der Waals surface area contributed by atoms with Gasteiger partial charge in [-0.05, 0) is 61.8 Å². The first-order valence-electron chi connectivity index (χ1n) is 11.5. The maximum atomic E-state index is 13.8. The van der Waals surface area contributed by atoms with E-state index in [1.54, 1.807) is 21.3 Å². The Labute approximate surface area is 194 Å². The summed E-state index contributed by atoms with van der Waals surface area (Å²) < 4.78 is 16.5. The summed E-state index contributed by atoms with van der Waals surface area (Å²) >= 11 is 0. The van der Waals surface area contributed by atoms with E-state index in [0.29, 0.717) is 46.4 Å². The quantitative estimate of drug-likeness (QED) is 0.477. The van der Waals surface area contributed by atoms with E-state index in [9.17, 15) is 4.79 Å². The second kappa shape index (κ2) is 8.58. The number of carbonyl (C=O) groups excluding carboxylic acids is 1. The summed E-state index contributed by atoms with van der Waals surface area (Å²) in [5.74, 6) is 2.98. The van der Waals surface area contributed by atoms with Gasteiger partial charge in [-0.3, -0.25) is 4.79 Å². The number of amides is 1. The van der Waals surface area contributed by atoms with Crippen molar-refractivity contribution in [2.75, 3.05) is 28.4 Å². The van der Waals surface area contributed by atoms with Crippen LogP contribution in [0.2, 0.25) is 0 Å². The molecule has 0 unspecified atom stereocenters. The fourth-order valence-corrected chi connectivity index (χ4v) is 4.95. The van der Waals surface area contributed by atoms with Crippen LogP contribution >= 0.6 is 0 Å². The Kier molecular flexibility index (Phi) is 5.60. The minimum atomic E-state index is 0.0612. The van der Waals surface area contributed by atoms with Gasteiger partial charge in [0.1, 0.15) is 0 Å². The van der Waals surface area contributed by atoms with Crippen LogP contribution < -0.4 is 14.2 Å². The first-order valence-corrected chi connectivity index (χ1v) is 11.5. The molecule has 0 radical (unpaired) electrons. The Morgan fingerprint density at radius 2 is 1.55 bits per heavy atom. The van der Waals surface area contributed by atoms with Crippen LogP contribution in [0.4, 0.5) is 0 Å². The van der Waals surface area contributed by atoms with Crippen molar-refractivity contribution >= 4 is 16.8 Å². The fourth-order valence-electron chi connectivity index (χ4n) is 4.95. The van der Waals surface area contributed by atoms with Gasteiger partial charge in [0.15, 0.2) is 11.5 Å². The van der Waals surface area contributed by atoms with Crippen molar-refractivity contribution in [3.8, 4) is 28.5 Å². The Bertz CT molecular complexity index is 1160. The van der Waals surface area contributed by atoms with Gasteiger partial charge in [0.25, 0.3) is 5.91 Å². The molecule has 0 bridgehead atoms. The lowest BCUT2D eigenvalue weighted by molar-refractivity contribution is 0.0692. The van der Waals surface area contributed by atoms with Gasteiger partial charge in [-0.25, -0.2) is 4.98 Å². The molecule has 33 heavy (non-hydrogen) atoms. The number of hydrogen-bond donors (Lipinski definition) is 0. The highest BCUT2D eigenvalue weighted by atomic mass is 16.5. The molecule has 6 nitrogen and oxygen atoms in total. The van der Waals surface area contributed by atoms with E-state index in [1.807, 2.05) is 54.4 Å². The van der Waals surface area contributed by atoms with E-state index in [1.165, 1.54) is 25.7 Å². The topological polar surface area (TPSA) is 60.9 Å². The molecule has 3 aromatic rings. The summed E-state index contributed by atoms with van der Waals surface area (Å²) in [6.45, 7) is 0. The number of para-hydroxylation sites is 1. The van der Waals surface area contributed by atoms with Crippen LogP contribution in [0.1, 0.15) is 36.0 Å². The minimum Gasteiger partial charge on any atom is -0.493 e. The number of rotatable bonds is 8. The van der Waals surface area contributed by atoms with Crippen LogP contribution in [0.5, 0.6) is 17.2 Å². The number of aromatic nitrogens is 1. The Balaban J connectivity index is 1.62. The lowest BCUT2D eigenvalue weighted by Gasteiger charge is -2.29. The molecule has 5 rings (SSSR count). The highest BCUT2D eigenvalue weighted by Crippen LogP contribution is 2.47. The van der Waals surface area contributed by atoms with Crippen LogP contribution in [0.3, 0.4) is 0 Å². The van der Waals surface area contributed by atoms with E-state index in [4.69, 9.17) is 19.2 Å². The molecule has 2 fully saturated rings. The van der Waals surface area contributed by atoms with Gasteiger partial charge in [-0.1, -0.05) is 18.2 Å². The number of fused-ring (bicyclic) bond motifs is 1. The fraction of sp³-hybridized carbons (Fsp3) is 0.407. The molecule has 2 saturated carbocycles. The lowest BCUT2D eigenvalue weighted by Crippen LogP contribution is -2.40. The molecule has 0 atom stereocenters. The van der Waals surface area contributed by atoms with Gasteiger partial charge in [0.05, 0.1) is 38.1 Å². The number of hydrogen-bond acceptors (Lipinski definition) is 5. The van der Waals surface area contributed by atoms with E-state index in [0.717, 1.165) is 16.5 Å². The standard InChI is InChI=1S/C27H30N2O4/c1-29(25(16-9-10-16)17-11-12-17)27(30)20-15-22(28-21-8-6-5-7-19(20)21)18-13-23(31-2)26(33-4)24(14-18)32-3/h5-8,13-17,25H,9-12H2,1-4H3. The van der Waals surface area contributed by atoms with Gasteiger partial charge in [-0.15, -0.1) is 0 Å². The van der Waals surface area contributed by atoms with Crippen LogP contribution in [0.15, 0.2) is 42.5 Å². The zero-order valence-electron chi connectivity index (χ0n) is 19.6. The third kappa shape index (κ3) is 3.99. The largest absolute Gasteiger partial charge is 0.493 e. The molecule has 1 heterocycles. The normalized spacial score (nSPS) is 15.5. The maximum absolute atomic E-state index is 13.8. The number of benzene rings is 2. The van der Waals surface area contributed by atoms with Gasteiger partial charge in [0, 0.05) is 24.0 Å². The first-order chi connectivity index (χ1) is 16.0. The minimum absolute atomic E-state index is 0.0612. The predicted octanol–water partition coefficient (Wildman–Crippen LogP) is 5.19. The molecule has 1 amide bonds. The average molecular weight is 447 g/mol. The number of methoxy groups -OCH3 is 3. The number of ether oxygens (including phenoxy) is 3. The molecule has 172 valence electrons. The number of pyridine rings is 1. The molecule has 2 aliphatic carbocycles. The third-order valence-corrected chi connectivity index (χ3v) is 6.88. The van der Waals surface area contributed by atoms with Crippen molar-refractivity contribution in [1.82, 2.24) is 9.88 Å². The van der Waals surface area contributed by atoms with Gasteiger partial charge in [0.2, 0.25) is 5.75 Å². The summed E-state index contributed by atoms with van der Waals surface area (Å²) in [4.78, 5) is 20.7. The third-order valence-electron chi connectivity index (χ3n) is 6.88. The van der Waals surface area contributed by atoms with Crippen molar-refractivity contribution in [3.05, 3.63) is 48.0 Å².